The van der Waals surface area contributed by atoms with E-state index < -0.39 is 30.1 Å². The van der Waals surface area contributed by atoms with Crippen molar-refractivity contribution in [1.82, 2.24) is 0 Å². The third kappa shape index (κ3) is 3.65. The van der Waals surface area contributed by atoms with Crippen molar-refractivity contribution in [2.75, 3.05) is 6.61 Å². The zero-order valence-electron chi connectivity index (χ0n) is 13.0. The Morgan fingerprint density at radius 3 is 2.91 bits per heavy atom. The van der Waals surface area contributed by atoms with Crippen molar-refractivity contribution in [3.05, 3.63) is 35.5 Å². The highest BCUT2D eigenvalue weighted by Crippen LogP contribution is 2.36. The molecule has 1 fully saturated rings. The highest BCUT2D eigenvalue weighted by molar-refractivity contribution is 5.91. The number of carbonyl (C=O) groups excluding carboxylic acids is 2. The summed E-state index contributed by atoms with van der Waals surface area (Å²) in [5.74, 6) is -1.28. The van der Waals surface area contributed by atoms with E-state index in [0.717, 1.165) is 17.6 Å². The molecule has 5 heteroatoms. The maximum absolute atomic E-state index is 11.9. The van der Waals surface area contributed by atoms with Crippen molar-refractivity contribution in [3.8, 4) is 0 Å². The van der Waals surface area contributed by atoms with Crippen molar-refractivity contribution in [3.63, 3.8) is 0 Å². The molecular formula is C17H22O5. The summed E-state index contributed by atoms with van der Waals surface area (Å²) >= 11 is 0. The number of aliphatic hydroxyl groups excluding tert-OH is 1. The Balaban J connectivity index is 2.40. The zero-order chi connectivity index (χ0) is 16.3. The van der Waals surface area contributed by atoms with E-state index in [4.69, 9.17) is 9.47 Å². The lowest BCUT2D eigenvalue weighted by molar-refractivity contribution is -0.149. The van der Waals surface area contributed by atoms with Crippen molar-refractivity contribution in [2.45, 2.75) is 45.3 Å². The minimum absolute atomic E-state index is 0.0850. The van der Waals surface area contributed by atoms with Crippen LogP contribution in [0.1, 0.15) is 33.1 Å². The molecule has 3 atom stereocenters. The van der Waals surface area contributed by atoms with Gasteiger partial charge in [0.05, 0.1) is 12.5 Å². The van der Waals surface area contributed by atoms with Crippen molar-refractivity contribution in [2.24, 2.45) is 5.92 Å². The van der Waals surface area contributed by atoms with Gasteiger partial charge in [-0.2, -0.15) is 0 Å². The summed E-state index contributed by atoms with van der Waals surface area (Å²) in [6.45, 7) is 7.03. The van der Waals surface area contributed by atoms with E-state index in [1.807, 2.05) is 6.92 Å². The summed E-state index contributed by atoms with van der Waals surface area (Å²) in [6, 6.07) is 0. The van der Waals surface area contributed by atoms with E-state index in [2.05, 4.69) is 12.7 Å². The molecule has 0 saturated carbocycles. The second kappa shape index (κ2) is 6.92. The van der Waals surface area contributed by atoms with Gasteiger partial charge < -0.3 is 14.6 Å². The van der Waals surface area contributed by atoms with Gasteiger partial charge in [-0.05, 0) is 31.4 Å². The number of rotatable bonds is 2. The molecule has 0 spiro atoms. The minimum Gasteiger partial charge on any atom is -0.461 e. The average molecular weight is 306 g/mol. The Morgan fingerprint density at radius 1 is 1.55 bits per heavy atom. The SMILES string of the molecule is C=C1C(=O)O[C@@H]2/C=C(\CO)CC/C=C(\C)C[C@@H](OC(C)=O)[C@@H]12. The summed E-state index contributed by atoms with van der Waals surface area (Å²) in [7, 11) is 0. The fourth-order valence-corrected chi connectivity index (χ4v) is 2.99. The predicted molar refractivity (Wildman–Crippen MR) is 80.8 cm³/mol. The summed E-state index contributed by atoms with van der Waals surface area (Å²) in [5.41, 5.74) is 2.21. The Labute approximate surface area is 130 Å². The summed E-state index contributed by atoms with van der Waals surface area (Å²) in [4.78, 5) is 23.3. The van der Waals surface area contributed by atoms with Gasteiger partial charge in [-0.3, -0.25) is 4.79 Å². The van der Waals surface area contributed by atoms with Crippen LogP contribution in [0.4, 0.5) is 0 Å². The highest BCUT2D eigenvalue weighted by Gasteiger charge is 2.44. The van der Waals surface area contributed by atoms with Crippen LogP contribution in [0.2, 0.25) is 0 Å². The first-order chi connectivity index (χ1) is 10.4. The van der Waals surface area contributed by atoms with Crippen molar-refractivity contribution < 1.29 is 24.2 Å². The molecule has 0 bridgehead atoms. The highest BCUT2D eigenvalue weighted by atomic mass is 16.6. The molecule has 0 amide bonds. The smallest absolute Gasteiger partial charge is 0.334 e. The van der Waals surface area contributed by atoms with Crippen molar-refractivity contribution >= 4 is 11.9 Å². The molecule has 1 aliphatic carbocycles. The minimum atomic E-state index is -0.544. The predicted octanol–water partition coefficient (Wildman–Crippen LogP) is 2.06. The van der Waals surface area contributed by atoms with E-state index >= 15 is 0 Å². The van der Waals surface area contributed by atoms with Gasteiger partial charge in [-0.25, -0.2) is 4.79 Å². The molecule has 1 heterocycles. The Bertz CT molecular complexity index is 543. The van der Waals surface area contributed by atoms with Gasteiger partial charge in [-0.1, -0.05) is 18.2 Å². The quantitative estimate of drug-likeness (QED) is 0.480. The van der Waals surface area contributed by atoms with Gasteiger partial charge in [0.15, 0.2) is 0 Å². The van der Waals surface area contributed by atoms with Crippen LogP contribution in [-0.2, 0) is 19.1 Å². The van der Waals surface area contributed by atoms with E-state index in [0.29, 0.717) is 18.4 Å². The van der Waals surface area contributed by atoms with Crippen LogP contribution >= 0.6 is 0 Å². The summed E-state index contributed by atoms with van der Waals surface area (Å²) < 4.78 is 10.8. The normalized spacial score (nSPS) is 33.9. The maximum atomic E-state index is 11.9. The fourth-order valence-electron chi connectivity index (χ4n) is 2.99. The zero-order valence-corrected chi connectivity index (χ0v) is 13.0. The third-order valence-corrected chi connectivity index (χ3v) is 4.06. The average Bonchev–Trinajstić information content (AvgIpc) is 2.71. The lowest BCUT2D eigenvalue weighted by Gasteiger charge is -2.27. The molecule has 0 aromatic carbocycles. The van der Waals surface area contributed by atoms with E-state index in [1.165, 1.54) is 6.92 Å². The number of allylic oxidation sites excluding steroid dienone is 1. The standard InChI is InChI=1S/C17H22O5/c1-10-5-4-6-13(9-18)8-15-16(11(2)17(20)22-15)14(7-10)21-12(3)19/h5,8,14-16,18H,2,4,6-7,9H2,1,3H3/b10-5+,13-8-/t14-,15-,16-/m1/s1. The molecule has 0 unspecified atom stereocenters. The number of carbonyl (C=O) groups is 2. The molecule has 0 aromatic heterocycles. The van der Waals surface area contributed by atoms with Crippen LogP contribution in [0, 0.1) is 5.92 Å². The van der Waals surface area contributed by atoms with E-state index in [9.17, 15) is 14.7 Å². The molecule has 1 saturated heterocycles. The third-order valence-electron chi connectivity index (χ3n) is 4.06. The van der Waals surface area contributed by atoms with Gasteiger partial charge in [-0.15, -0.1) is 0 Å². The molecular weight excluding hydrogens is 284 g/mol. The second-order valence-electron chi connectivity index (χ2n) is 5.85. The fraction of sp³-hybridized carbons (Fsp3) is 0.529. The van der Waals surface area contributed by atoms with Crippen LogP contribution in [0.25, 0.3) is 0 Å². The molecule has 2 rings (SSSR count). The number of esters is 2. The number of hydrogen-bond donors (Lipinski definition) is 1. The molecule has 0 aromatic rings. The lowest BCUT2D eigenvalue weighted by atomic mass is 9.85. The van der Waals surface area contributed by atoms with Crippen LogP contribution < -0.4 is 0 Å². The number of aliphatic hydroxyl groups is 1. The van der Waals surface area contributed by atoms with Crippen LogP contribution in [0.15, 0.2) is 35.5 Å². The van der Waals surface area contributed by atoms with Crippen LogP contribution in [0.5, 0.6) is 0 Å². The monoisotopic (exact) mass is 306 g/mol. The number of hydrogen-bond acceptors (Lipinski definition) is 5. The maximum Gasteiger partial charge on any atom is 0.334 e. The lowest BCUT2D eigenvalue weighted by Crippen LogP contribution is -2.33. The number of ether oxygens (including phenoxy) is 2. The van der Waals surface area contributed by atoms with Crippen LogP contribution in [0.3, 0.4) is 0 Å². The van der Waals surface area contributed by atoms with Crippen LogP contribution in [-0.4, -0.2) is 35.9 Å². The van der Waals surface area contributed by atoms with Gasteiger partial charge in [0.1, 0.15) is 12.2 Å². The largest absolute Gasteiger partial charge is 0.461 e. The van der Waals surface area contributed by atoms with E-state index in [1.54, 1.807) is 6.08 Å². The molecule has 1 aliphatic heterocycles. The topological polar surface area (TPSA) is 72.8 Å². The first-order valence-electron chi connectivity index (χ1n) is 7.45. The molecule has 2 aliphatic rings. The van der Waals surface area contributed by atoms with Gasteiger partial charge in [0, 0.05) is 18.9 Å². The molecule has 1 N–H and O–H groups in total. The summed E-state index contributed by atoms with van der Waals surface area (Å²) in [5, 5.41) is 9.46. The van der Waals surface area contributed by atoms with Gasteiger partial charge >= 0.3 is 11.9 Å². The number of fused-ring (bicyclic) bond motifs is 1. The Hall–Kier alpha value is -1.88. The molecule has 120 valence electrons. The van der Waals surface area contributed by atoms with Crippen molar-refractivity contribution in [1.29, 1.82) is 0 Å². The molecule has 22 heavy (non-hydrogen) atoms. The Kier molecular flexibility index (Phi) is 5.19. The van der Waals surface area contributed by atoms with E-state index in [-0.39, 0.29) is 6.61 Å². The van der Waals surface area contributed by atoms with Gasteiger partial charge in [0.2, 0.25) is 0 Å². The molecule has 0 radical (unpaired) electrons. The summed E-state index contributed by atoms with van der Waals surface area (Å²) in [6.07, 6.45) is 4.84. The second-order valence-corrected chi connectivity index (χ2v) is 5.85. The first-order valence-corrected chi connectivity index (χ1v) is 7.45. The first kappa shape index (κ1) is 16.5. The van der Waals surface area contributed by atoms with Gasteiger partial charge in [0.25, 0.3) is 0 Å². The molecule has 5 nitrogen and oxygen atoms in total. The Morgan fingerprint density at radius 2 is 2.27 bits per heavy atom.